The number of methoxy groups -OCH3 is 1. The highest BCUT2D eigenvalue weighted by Gasteiger charge is 2.19. The van der Waals surface area contributed by atoms with E-state index in [0.717, 1.165) is 13.2 Å². The fourth-order valence-electron chi connectivity index (χ4n) is 0.970. The Kier molecular flexibility index (Phi) is 2.87. The zero-order valence-corrected chi connectivity index (χ0v) is 8.11. The monoisotopic (exact) mass is 216 g/mol. The molecule has 14 heavy (non-hydrogen) atoms. The minimum absolute atomic E-state index is 0.183. The Labute approximate surface area is 81.1 Å². The second-order valence-corrected chi connectivity index (χ2v) is 3.85. The van der Waals surface area contributed by atoms with Crippen LogP contribution < -0.4 is 0 Å². The van der Waals surface area contributed by atoms with Gasteiger partial charge in [0.25, 0.3) is 10.1 Å². The van der Waals surface area contributed by atoms with Gasteiger partial charge in [0.2, 0.25) is 0 Å². The predicted molar refractivity (Wildman–Crippen MR) is 47.6 cm³/mol. The van der Waals surface area contributed by atoms with Gasteiger partial charge in [-0.1, -0.05) is 12.1 Å². The molecule has 0 amide bonds. The van der Waals surface area contributed by atoms with Gasteiger partial charge in [0, 0.05) is 0 Å². The number of carbonyl (C=O) groups excluding carboxylic acids is 1. The first-order chi connectivity index (χ1) is 6.46. The molecule has 0 aliphatic heterocycles. The second kappa shape index (κ2) is 3.77. The summed E-state index contributed by atoms with van der Waals surface area (Å²) < 4.78 is 34.8. The van der Waals surface area contributed by atoms with E-state index >= 15 is 0 Å². The molecule has 1 aromatic carbocycles. The van der Waals surface area contributed by atoms with Gasteiger partial charge >= 0.3 is 5.97 Å². The van der Waals surface area contributed by atoms with E-state index in [1.54, 1.807) is 0 Å². The van der Waals surface area contributed by atoms with Gasteiger partial charge in [-0.05, 0) is 12.1 Å². The molecule has 0 aliphatic rings. The normalized spacial score (nSPS) is 11.0. The molecule has 0 aliphatic carbocycles. The molecule has 1 rings (SSSR count). The molecule has 6 heteroatoms. The average molecular weight is 216 g/mol. The summed E-state index contributed by atoms with van der Waals surface area (Å²) in [5.74, 6) is -0.807. The van der Waals surface area contributed by atoms with Gasteiger partial charge in [-0.25, -0.2) is 4.79 Å². The van der Waals surface area contributed by atoms with Gasteiger partial charge in [0.05, 0.1) is 12.7 Å². The van der Waals surface area contributed by atoms with E-state index in [0.29, 0.717) is 0 Å². The molecular weight excluding hydrogens is 208 g/mol. The lowest BCUT2D eigenvalue weighted by molar-refractivity contribution is 0.0596. The first-order valence-electron chi connectivity index (χ1n) is 3.61. The molecule has 0 heterocycles. The first-order valence-corrected chi connectivity index (χ1v) is 5.05. The molecule has 0 aromatic heterocycles. The molecular formula is C8H8O5S. The highest BCUT2D eigenvalue weighted by molar-refractivity contribution is 7.86. The van der Waals surface area contributed by atoms with Gasteiger partial charge < -0.3 is 4.74 Å². The Morgan fingerprint density at radius 3 is 2.43 bits per heavy atom. The lowest BCUT2D eigenvalue weighted by atomic mass is 10.2. The highest BCUT2D eigenvalue weighted by Crippen LogP contribution is 2.15. The largest absolute Gasteiger partial charge is 0.465 e. The minimum Gasteiger partial charge on any atom is -0.465 e. The zero-order valence-electron chi connectivity index (χ0n) is 7.30. The van der Waals surface area contributed by atoms with Crippen LogP contribution in [0.4, 0.5) is 0 Å². The maximum absolute atomic E-state index is 11.1. The number of carbonyl (C=O) groups is 1. The number of hydrogen-bond donors (Lipinski definition) is 1. The van der Waals surface area contributed by atoms with Crippen LogP contribution in [0.1, 0.15) is 10.4 Å². The summed E-state index contributed by atoms with van der Waals surface area (Å²) in [5, 5.41) is 0. The van der Waals surface area contributed by atoms with Crippen molar-refractivity contribution in [1.82, 2.24) is 0 Å². The Hall–Kier alpha value is -1.40. The van der Waals surface area contributed by atoms with Gasteiger partial charge in [0.15, 0.2) is 0 Å². The van der Waals surface area contributed by atoms with Gasteiger partial charge in [-0.3, -0.25) is 4.55 Å². The Balaban J connectivity index is 3.38. The molecule has 5 nitrogen and oxygen atoms in total. The smallest absolute Gasteiger partial charge is 0.339 e. The lowest BCUT2D eigenvalue weighted by Crippen LogP contribution is -2.09. The molecule has 0 spiro atoms. The van der Waals surface area contributed by atoms with E-state index in [-0.39, 0.29) is 5.56 Å². The van der Waals surface area contributed by atoms with E-state index in [4.69, 9.17) is 4.55 Å². The molecule has 0 atom stereocenters. The third kappa shape index (κ3) is 2.09. The summed E-state index contributed by atoms with van der Waals surface area (Å²) in [6, 6.07) is 5.26. The van der Waals surface area contributed by atoms with E-state index in [1.807, 2.05) is 0 Å². The van der Waals surface area contributed by atoms with Crippen molar-refractivity contribution in [2.45, 2.75) is 4.90 Å². The minimum atomic E-state index is -4.39. The molecule has 0 saturated carbocycles. The molecule has 76 valence electrons. The number of rotatable bonds is 2. The maximum Gasteiger partial charge on any atom is 0.339 e. The summed E-state index contributed by atoms with van der Waals surface area (Å²) in [6.45, 7) is 0. The Morgan fingerprint density at radius 1 is 1.36 bits per heavy atom. The van der Waals surface area contributed by atoms with E-state index < -0.39 is 21.0 Å². The van der Waals surface area contributed by atoms with Crippen molar-refractivity contribution in [2.24, 2.45) is 0 Å². The van der Waals surface area contributed by atoms with Crippen molar-refractivity contribution >= 4 is 16.1 Å². The molecule has 1 aromatic rings. The lowest BCUT2D eigenvalue weighted by Gasteiger charge is -2.03. The van der Waals surface area contributed by atoms with E-state index in [1.165, 1.54) is 18.2 Å². The van der Waals surface area contributed by atoms with Crippen LogP contribution in [-0.4, -0.2) is 26.0 Å². The van der Waals surface area contributed by atoms with Crippen molar-refractivity contribution in [3.05, 3.63) is 29.8 Å². The van der Waals surface area contributed by atoms with Gasteiger partial charge in [0.1, 0.15) is 4.90 Å². The average Bonchev–Trinajstić information content (AvgIpc) is 2.15. The van der Waals surface area contributed by atoms with Crippen LogP contribution in [0.2, 0.25) is 0 Å². The molecule has 0 unspecified atom stereocenters. The predicted octanol–water partition coefficient (Wildman–Crippen LogP) is 0.720. The van der Waals surface area contributed by atoms with Crippen LogP contribution in [0.25, 0.3) is 0 Å². The first kappa shape index (κ1) is 10.7. The summed E-state index contributed by atoms with van der Waals surface area (Å²) in [7, 11) is -3.26. The number of esters is 1. The van der Waals surface area contributed by atoms with Crippen molar-refractivity contribution < 1.29 is 22.5 Å². The molecule has 0 saturated heterocycles. The Morgan fingerprint density at radius 2 is 1.93 bits per heavy atom. The summed E-state index contributed by atoms with van der Waals surface area (Å²) in [6.07, 6.45) is 0. The fourth-order valence-corrected chi connectivity index (χ4v) is 1.65. The van der Waals surface area contributed by atoms with Crippen molar-refractivity contribution in [2.75, 3.05) is 7.11 Å². The zero-order chi connectivity index (χ0) is 10.8. The molecule has 0 fully saturated rings. The fraction of sp³-hybridized carbons (Fsp3) is 0.125. The van der Waals surface area contributed by atoms with Gasteiger partial charge in [-0.2, -0.15) is 8.42 Å². The quantitative estimate of drug-likeness (QED) is 0.582. The van der Waals surface area contributed by atoms with Crippen molar-refractivity contribution in [1.29, 1.82) is 0 Å². The number of hydrogen-bond acceptors (Lipinski definition) is 4. The third-order valence-corrected chi connectivity index (χ3v) is 2.48. The van der Waals surface area contributed by atoms with Crippen LogP contribution in [0.15, 0.2) is 29.2 Å². The van der Waals surface area contributed by atoms with Crippen LogP contribution in [-0.2, 0) is 14.9 Å². The molecule has 0 bridgehead atoms. The van der Waals surface area contributed by atoms with Crippen LogP contribution >= 0.6 is 0 Å². The molecule has 1 N–H and O–H groups in total. The third-order valence-electron chi connectivity index (χ3n) is 1.57. The Bertz CT molecular complexity index is 449. The van der Waals surface area contributed by atoms with Gasteiger partial charge in [-0.15, -0.1) is 0 Å². The van der Waals surface area contributed by atoms with Crippen LogP contribution in [0.3, 0.4) is 0 Å². The summed E-state index contributed by atoms with van der Waals surface area (Å²) in [5.41, 5.74) is -0.183. The topological polar surface area (TPSA) is 80.7 Å². The van der Waals surface area contributed by atoms with Crippen molar-refractivity contribution in [3.8, 4) is 0 Å². The number of benzene rings is 1. The standard InChI is InChI=1S/C8H8O5S/c1-13-8(9)6-4-2-3-5-7(6)14(10,11)12/h2-5H,1H3,(H,10,11,12). The van der Waals surface area contributed by atoms with Crippen molar-refractivity contribution in [3.63, 3.8) is 0 Å². The highest BCUT2D eigenvalue weighted by atomic mass is 32.2. The van der Waals surface area contributed by atoms with Crippen LogP contribution in [0.5, 0.6) is 0 Å². The SMILES string of the molecule is COC(=O)c1ccccc1S(=O)(=O)O. The second-order valence-electron chi connectivity index (χ2n) is 2.46. The molecule has 0 radical (unpaired) electrons. The van der Waals surface area contributed by atoms with E-state index in [2.05, 4.69) is 4.74 Å². The summed E-state index contributed by atoms with van der Waals surface area (Å²) in [4.78, 5) is 10.6. The van der Waals surface area contributed by atoms with E-state index in [9.17, 15) is 13.2 Å². The number of ether oxygens (including phenoxy) is 1. The summed E-state index contributed by atoms with van der Waals surface area (Å²) >= 11 is 0. The maximum atomic E-state index is 11.1. The van der Waals surface area contributed by atoms with Crippen LogP contribution in [0, 0.1) is 0 Å².